The highest BCUT2D eigenvalue weighted by atomic mass is 35.5. The summed E-state index contributed by atoms with van der Waals surface area (Å²) >= 11 is 7.46. The fourth-order valence-electron chi connectivity index (χ4n) is 1.34. The van der Waals surface area contributed by atoms with Gasteiger partial charge in [0.15, 0.2) is 5.13 Å². The van der Waals surface area contributed by atoms with Crippen LogP contribution in [-0.2, 0) is 0 Å². The van der Waals surface area contributed by atoms with Crippen molar-refractivity contribution in [2.75, 3.05) is 5.32 Å². The summed E-state index contributed by atoms with van der Waals surface area (Å²) in [6, 6.07) is 8.13. The Morgan fingerprint density at radius 1 is 1.25 bits per heavy atom. The lowest BCUT2D eigenvalue weighted by Crippen LogP contribution is -2.08. The Hall–Kier alpha value is -1.06. The molecule has 2 nitrogen and oxygen atoms in total. The van der Waals surface area contributed by atoms with Crippen LogP contribution in [-0.4, -0.2) is 11.0 Å². The predicted octanol–water partition coefficient (Wildman–Crippen LogP) is 4.28. The summed E-state index contributed by atoms with van der Waals surface area (Å²) in [5.41, 5.74) is 2.09. The van der Waals surface area contributed by atoms with Crippen molar-refractivity contribution in [3.63, 3.8) is 0 Å². The van der Waals surface area contributed by atoms with Crippen molar-refractivity contribution in [2.45, 2.75) is 19.9 Å². The van der Waals surface area contributed by atoms with Crippen LogP contribution in [0.25, 0.3) is 11.3 Å². The van der Waals surface area contributed by atoms with Crippen LogP contribution in [0.5, 0.6) is 0 Å². The quantitative estimate of drug-likeness (QED) is 0.882. The van der Waals surface area contributed by atoms with Gasteiger partial charge in [-0.25, -0.2) is 4.98 Å². The van der Waals surface area contributed by atoms with Crippen molar-refractivity contribution in [2.24, 2.45) is 0 Å². The van der Waals surface area contributed by atoms with Crippen molar-refractivity contribution in [1.29, 1.82) is 0 Å². The fraction of sp³-hybridized carbons (Fsp3) is 0.250. The molecular formula is C12H13ClN2S. The van der Waals surface area contributed by atoms with Crippen LogP contribution in [0.15, 0.2) is 29.6 Å². The molecule has 0 unspecified atom stereocenters. The first-order valence-corrected chi connectivity index (χ1v) is 6.39. The Morgan fingerprint density at radius 3 is 2.56 bits per heavy atom. The van der Waals surface area contributed by atoms with Crippen LogP contribution in [0, 0.1) is 0 Å². The molecular weight excluding hydrogens is 240 g/mol. The molecule has 0 amide bonds. The van der Waals surface area contributed by atoms with Crippen LogP contribution >= 0.6 is 22.9 Å². The van der Waals surface area contributed by atoms with E-state index in [0.29, 0.717) is 6.04 Å². The first-order valence-electron chi connectivity index (χ1n) is 5.13. The molecule has 0 saturated heterocycles. The molecule has 0 aliphatic carbocycles. The van der Waals surface area contributed by atoms with Gasteiger partial charge in [-0.3, -0.25) is 0 Å². The van der Waals surface area contributed by atoms with Crippen molar-refractivity contribution in [3.8, 4) is 11.3 Å². The van der Waals surface area contributed by atoms with E-state index in [-0.39, 0.29) is 0 Å². The van der Waals surface area contributed by atoms with E-state index in [0.717, 1.165) is 21.4 Å². The third-order valence-electron chi connectivity index (χ3n) is 2.06. The minimum absolute atomic E-state index is 0.407. The Balaban J connectivity index is 2.21. The molecule has 1 heterocycles. The summed E-state index contributed by atoms with van der Waals surface area (Å²) in [5.74, 6) is 0. The molecule has 0 radical (unpaired) electrons. The SMILES string of the molecule is CC(C)Nc1nc(-c2ccc(Cl)cc2)cs1. The zero-order valence-corrected chi connectivity index (χ0v) is 10.8. The Labute approximate surface area is 104 Å². The number of benzene rings is 1. The van der Waals surface area contributed by atoms with E-state index < -0.39 is 0 Å². The molecule has 84 valence electrons. The maximum atomic E-state index is 5.84. The van der Waals surface area contributed by atoms with Crippen molar-refractivity contribution in [3.05, 3.63) is 34.7 Å². The zero-order valence-electron chi connectivity index (χ0n) is 9.20. The molecule has 1 aromatic carbocycles. The Bertz CT molecular complexity index is 462. The molecule has 2 aromatic rings. The zero-order chi connectivity index (χ0) is 11.5. The van der Waals surface area contributed by atoms with Crippen LogP contribution in [0.3, 0.4) is 0 Å². The van der Waals surface area contributed by atoms with Gasteiger partial charge in [-0.1, -0.05) is 23.7 Å². The number of nitrogens with zero attached hydrogens (tertiary/aromatic N) is 1. The lowest BCUT2D eigenvalue weighted by molar-refractivity contribution is 0.897. The number of rotatable bonds is 3. The smallest absolute Gasteiger partial charge is 0.183 e. The summed E-state index contributed by atoms with van der Waals surface area (Å²) in [7, 11) is 0. The second-order valence-electron chi connectivity index (χ2n) is 3.84. The van der Waals surface area contributed by atoms with Crippen LogP contribution in [0.4, 0.5) is 5.13 Å². The van der Waals surface area contributed by atoms with Gasteiger partial charge < -0.3 is 5.32 Å². The summed E-state index contributed by atoms with van der Waals surface area (Å²) < 4.78 is 0. The summed E-state index contributed by atoms with van der Waals surface area (Å²) in [5, 5.41) is 7.04. The maximum absolute atomic E-state index is 5.84. The van der Waals surface area contributed by atoms with Crippen molar-refractivity contribution < 1.29 is 0 Å². The minimum Gasteiger partial charge on any atom is -0.359 e. The second-order valence-corrected chi connectivity index (χ2v) is 5.14. The van der Waals surface area contributed by atoms with E-state index in [9.17, 15) is 0 Å². The Kier molecular flexibility index (Phi) is 3.46. The van der Waals surface area contributed by atoms with Gasteiger partial charge in [-0.15, -0.1) is 11.3 Å². The van der Waals surface area contributed by atoms with Crippen molar-refractivity contribution in [1.82, 2.24) is 4.98 Å². The first kappa shape index (κ1) is 11.4. The molecule has 16 heavy (non-hydrogen) atoms. The predicted molar refractivity (Wildman–Crippen MR) is 71.3 cm³/mol. The number of nitrogens with one attached hydrogen (secondary N) is 1. The lowest BCUT2D eigenvalue weighted by atomic mass is 10.2. The third-order valence-corrected chi connectivity index (χ3v) is 3.08. The van der Waals surface area contributed by atoms with Crippen LogP contribution in [0.1, 0.15) is 13.8 Å². The monoisotopic (exact) mass is 252 g/mol. The molecule has 0 fully saturated rings. The number of anilines is 1. The largest absolute Gasteiger partial charge is 0.359 e. The van der Waals surface area contributed by atoms with Gasteiger partial charge in [-0.2, -0.15) is 0 Å². The van der Waals surface area contributed by atoms with E-state index in [2.05, 4.69) is 24.1 Å². The molecule has 0 aliphatic rings. The lowest BCUT2D eigenvalue weighted by Gasteiger charge is -2.04. The van der Waals surface area contributed by atoms with Crippen LogP contribution in [0.2, 0.25) is 5.02 Å². The summed E-state index contributed by atoms with van der Waals surface area (Å²) in [6.45, 7) is 4.20. The van der Waals surface area contributed by atoms with E-state index in [1.165, 1.54) is 0 Å². The molecule has 0 atom stereocenters. The highest BCUT2D eigenvalue weighted by Crippen LogP contribution is 2.26. The van der Waals surface area contributed by atoms with Crippen molar-refractivity contribution >= 4 is 28.1 Å². The number of hydrogen-bond acceptors (Lipinski definition) is 3. The molecule has 4 heteroatoms. The standard InChI is InChI=1S/C12H13ClN2S/c1-8(2)14-12-15-11(7-16-12)9-3-5-10(13)6-4-9/h3-8H,1-2H3,(H,14,15). The molecule has 0 bridgehead atoms. The van der Waals surface area contributed by atoms with E-state index in [1.807, 2.05) is 29.6 Å². The van der Waals surface area contributed by atoms with Crippen LogP contribution < -0.4 is 5.32 Å². The molecule has 2 rings (SSSR count). The highest BCUT2D eigenvalue weighted by molar-refractivity contribution is 7.14. The molecule has 0 aliphatic heterocycles. The second kappa shape index (κ2) is 4.85. The van der Waals surface area contributed by atoms with E-state index >= 15 is 0 Å². The van der Waals surface area contributed by atoms with E-state index in [1.54, 1.807) is 11.3 Å². The van der Waals surface area contributed by atoms with Gasteiger partial charge in [0, 0.05) is 22.0 Å². The average Bonchev–Trinajstić information content (AvgIpc) is 2.66. The van der Waals surface area contributed by atoms with Gasteiger partial charge in [0.2, 0.25) is 0 Å². The maximum Gasteiger partial charge on any atom is 0.183 e. The fourth-order valence-corrected chi connectivity index (χ4v) is 2.33. The first-order chi connectivity index (χ1) is 7.65. The number of aromatic nitrogens is 1. The van der Waals surface area contributed by atoms with Gasteiger partial charge in [0.1, 0.15) is 0 Å². The highest BCUT2D eigenvalue weighted by Gasteiger charge is 2.04. The number of thiazole rings is 1. The molecule has 1 aromatic heterocycles. The van der Waals surface area contributed by atoms with Gasteiger partial charge in [-0.05, 0) is 26.0 Å². The molecule has 0 saturated carbocycles. The molecule has 1 N–H and O–H groups in total. The van der Waals surface area contributed by atoms with Gasteiger partial charge >= 0.3 is 0 Å². The van der Waals surface area contributed by atoms with Gasteiger partial charge in [0.25, 0.3) is 0 Å². The average molecular weight is 253 g/mol. The summed E-state index contributed by atoms with van der Waals surface area (Å²) in [4.78, 5) is 4.51. The third kappa shape index (κ3) is 2.74. The minimum atomic E-state index is 0.407. The number of halogens is 1. The summed E-state index contributed by atoms with van der Waals surface area (Å²) in [6.07, 6.45) is 0. The number of hydrogen-bond donors (Lipinski definition) is 1. The van der Waals surface area contributed by atoms with E-state index in [4.69, 9.17) is 11.6 Å². The molecule has 0 spiro atoms. The Morgan fingerprint density at radius 2 is 1.94 bits per heavy atom. The van der Waals surface area contributed by atoms with Gasteiger partial charge in [0.05, 0.1) is 5.69 Å². The normalized spacial score (nSPS) is 10.8. The topological polar surface area (TPSA) is 24.9 Å².